The lowest BCUT2D eigenvalue weighted by Crippen LogP contribution is -2.50. The van der Waals surface area contributed by atoms with Gasteiger partial charge in [0.2, 0.25) is 0 Å². The Morgan fingerprint density at radius 1 is 1.46 bits per heavy atom. The maximum atomic E-state index is 3.48. The zero-order chi connectivity index (χ0) is 9.84. The van der Waals surface area contributed by atoms with E-state index in [9.17, 15) is 0 Å². The highest BCUT2D eigenvalue weighted by molar-refractivity contribution is 4.84. The van der Waals surface area contributed by atoms with Gasteiger partial charge in [0.25, 0.3) is 0 Å². The van der Waals surface area contributed by atoms with Crippen LogP contribution >= 0.6 is 0 Å². The lowest BCUT2D eigenvalue weighted by molar-refractivity contribution is 0.108. The second-order valence-corrected chi connectivity index (χ2v) is 4.49. The Labute approximate surface area is 82.7 Å². The maximum Gasteiger partial charge on any atom is 0.0147 e. The summed E-state index contributed by atoms with van der Waals surface area (Å²) in [4.78, 5) is 2.54. The summed E-state index contributed by atoms with van der Waals surface area (Å²) >= 11 is 0. The van der Waals surface area contributed by atoms with Gasteiger partial charge >= 0.3 is 0 Å². The van der Waals surface area contributed by atoms with Crippen LogP contribution in [0.3, 0.4) is 0 Å². The molecule has 1 heterocycles. The Morgan fingerprint density at radius 2 is 2.15 bits per heavy atom. The van der Waals surface area contributed by atoms with E-state index >= 15 is 0 Å². The number of hydrogen-bond acceptors (Lipinski definition) is 2. The van der Waals surface area contributed by atoms with Gasteiger partial charge < -0.3 is 10.2 Å². The van der Waals surface area contributed by atoms with Gasteiger partial charge in [0.1, 0.15) is 0 Å². The van der Waals surface area contributed by atoms with Crippen molar-refractivity contribution in [2.75, 3.05) is 20.1 Å². The Kier molecular flexibility index (Phi) is 4.20. The first-order valence-corrected chi connectivity index (χ1v) is 5.59. The molecule has 0 saturated carbocycles. The Hall–Kier alpha value is -0.0800. The fraction of sp³-hybridized carbons (Fsp3) is 1.00. The first-order valence-electron chi connectivity index (χ1n) is 5.59. The van der Waals surface area contributed by atoms with Gasteiger partial charge in [0.05, 0.1) is 0 Å². The summed E-state index contributed by atoms with van der Waals surface area (Å²) in [7, 11) is 2.27. The predicted molar refractivity (Wildman–Crippen MR) is 58.0 cm³/mol. The van der Waals surface area contributed by atoms with Gasteiger partial charge in [0, 0.05) is 12.1 Å². The molecular formula is C11H24N2. The van der Waals surface area contributed by atoms with Crippen LogP contribution in [0.1, 0.15) is 33.6 Å². The summed E-state index contributed by atoms with van der Waals surface area (Å²) in [5, 5.41) is 3.48. The van der Waals surface area contributed by atoms with Gasteiger partial charge in [-0.3, -0.25) is 0 Å². The van der Waals surface area contributed by atoms with E-state index in [0.717, 1.165) is 12.0 Å². The third kappa shape index (κ3) is 2.68. The van der Waals surface area contributed by atoms with E-state index in [2.05, 4.69) is 38.0 Å². The van der Waals surface area contributed by atoms with E-state index in [1.54, 1.807) is 0 Å². The molecule has 0 aromatic carbocycles. The molecule has 78 valence electrons. The summed E-state index contributed by atoms with van der Waals surface area (Å²) in [6.07, 6.45) is 2.61. The van der Waals surface area contributed by atoms with Gasteiger partial charge in [-0.25, -0.2) is 0 Å². The molecule has 2 atom stereocenters. The van der Waals surface area contributed by atoms with Crippen LogP contribution in [-0.2, 0) is 0 Å². The molecule has 2 unspecified atom stereocenters. The molecule has 2 heteroatoms. The monoisotopic (exact) mass is 184 g/mol. The molecule has 1 aliphatic rings. The summed E-state index contributed by atoms with van der Waals surface area (Å²) in [6, 6.07) is 1.48. The molecule has 0 aliphatic carbocycles. The summed E-state index contributed by atoms with van der Waals surface area (Å²) < 4.78 is 0. The van der Waals surface area contributed by atoms with Crippen molar-refractivity contribution in [3.8, 4) is 0 Å². The van der Waals surface area contributed by atoms with Crippen LogP contribution in [0.5, 0.6) is 0 Å². The molecule has 0 amide bonds. The van der Waals surface area contributed by atoms with Gasteiger partial charge in [-0.1, -0.05) is 13.3 Å². The van der Waals surface area contributed by atoms with Crippen molar-refractivity contribution >= 4 is 0 Å². The molecule has 0 aromatic rings. The van der Waals surface area contributed by atoms with Gasteiger partial charge in [0.15, 0.2) is 0 Å². The van der Waals surface area contributed by atoms with Crippen molar-refractivity contribution in [1.82, 2.24) is 10.2 Å². The van der Waals surface area contributed by atoms with Crippen LogP contribution in [0.2, 0.25) is 0 Å². The topological polar surface area (TPSA) is 15.3 Å². The molecule has 0 aromatic heterocycles. The molecule has 2 nitrogen and oxygen atoms in total. The van der Waals surface area contributed by atoms with Crippen LogP contribution in [0.15, 0.2) is 0 Å². The normalized spacial score (nSPS) is 30.0. The van der Waals surface area contributed by atoms with E-state index in [1.165, 1.54) is 25.9 Å². The number of piperidine rings is 1. The van der Waals surface area contributed by atoms with Crippen molar-refractivity contribution in [2.24, 2.45) is 5.92 Å². The molecule has 0 spiro atoms. The quantitative estimate of drug-likeness (QED) is 0.718. The van der Waals surface area contributed by atoms with Crippen molar-refractivity contribution in [1.29, 1.82) is 0 Å². The molecular weight excluding hydrogens is 160 g/mol. The average molecular weight is 184 g/mol. The molecule has 1 aliphatic heterocycles. The van der Waals surface area contributed by atoms with Gasteiger partial charge in [-0.15, -0.1) is 0 Å². The van der Waals surface area contributed by atoms with E-state index in [0.29, 0.717) is 6.04 Å². The van der Waals surface area contributed by atoms with Crippen molar-refractivity contribution in [2.45, 2.75) is 45.7 Å². The third-order valence-electron chi connectivity index (χ3n) is 3.43. The SMILES string of the molecule is CCC1CNCCC1N(C)C(C)C. The molecule has 1 rings (SSSR count). The van der Waals surface area contributed by atoms with Crippen LogP contribution in [0.25, 0.3) is 0 Å². The largest absolute Gasteiger partial charge is 0.316 e. The lowest BCUT2D eigenvalue weighted by Gasteiger charge is -2.40. The minimum atomic E-state index is 0.678. The summed E-state index contributed by atoms with van der Waals surface area (Å²) in [5.41, 5.74) is 0. The fourth-order valence-electron chi connectivity index (χ4n) is 2.24. The molecule has 1 saturated heterocycles. The maximum absolute atomic E-state index is 3.48. The molecule has 1 fully saturated rings. The van der Waals surface area contributed by atoms with E-state index < -0.39 is 0 Å². The Morgan fingerprint density at radius 3 is 2.69 bits per heavy atom. The van der Waals surface area contributed by atoms with Gasteiger partial charge in [-0.2, -0.15) is 0 Å². The van der Waals surface area contributed by atoms with Crippen LogP contribution in [0, 0.1) is 5.92 Å². The molecule has 13 heavy (non-hydrogen) atoms. The predicted octanol–water partition coefficient (Wildman–Crippen LogP) is 1.71. The first-order chi connectivity index (χ1) is 6.16. The number of nitrogens with zero attached hydrogens (tertiary/aromatic N) is 1. The Bertz CT molecular complexity index is 143. The second kappa shape index (κ2) is 4.97. The van der Waals surface area contributed by atoms with Crippen LogP contribution in [-0.4, -0.2) is 37.1 Å². The van der Waals surface area contributed by atoms with Crippen molar-refractivity contribution in [3.63, 3.8) is 0 Å². The number of hydrogen-bond donors (Lipinski definition) is 1. The van der Waals surface area contributed by atoms with Crippen LogP contribution < -0.4 is 5.32 Å². The highest BCUT2D eigenvalue weighted by Gasteiger charge is 2.27. The smallest absolute Gasteiger partial charge is 0.0147 e. The highest BCUT2D eigenvalue weighted by atomic mass is 15.2. The Balaban J connectivity index is 2.53. The van der Waals surface area contributed by atoms with Gasteiger partial charge in [-0.05, 0) is 46.3 Å². The van der Waals surface area contributed by atoms with E-state index in [1.807, 2.05) is 0 Å². The highest BCUT2D eigenvalue weighted by Crippen LogP contribution is 2.21. The fourth-order valence-corrected chi connectivity index (χ4v) is 2.24. The van der Waals surface area contributed by atoms with Crippen LogP contribution in [0.4, 0.5) is 0 Å². The summed E-state index contributed by atoms with van der Waals surface area (Å²) in [5.74, 6) is 0.848. The van der Waals surface area contributed by atoms with Crippen molar-refractivity contribution < 1.29 is 0 Å². The number of nitrogens with one attached hydrogen (secondary N) is 1. The second-order valence-electron chi connectivity index (χ2n) is 4.49. The number of rotatable bonds is 3. The van der Waals surface area contributed by atoms with E-state index in [-0.39, 0.29) is 0 Å². The lowest BCUT2D eigenvalue weighted by atomic mass is 9.89. The molecule has 0 radical (unpaired) electrons. The molecule has 1 N–H and O–H groups in total. The van der Waals surface area contributed by atoms with E-state index in [4.69, 9.17) is 0 Å². The minimum Gasteiger partial charge on any atom is -0.316 e. The standard InChI is InChI=1S/C11H24N2/c1-5-10-8-12-7-6-11(10)13(4)9(2)3/h9-12H,5-8H2,1-4H3. The zero-order valence-corrected chi connectivity index (χ0v) is 9.51. The third-order valence-corrected chi connectivity index (χ3v) is 3.43. The average Bonchev–Trinajstić information content (AvgIpc) is 2.16. The summed E-state index contributed by atoms with van der Waals surface area (Å²) in [6.45, 7) is 9.28. The minimum absolute atomic E-state index is 0.678. The zero-order valence-electron chi connectivity index (χ0n) is 9.51. The first kappa shape index (κ1) is 11.0. The molecule has 0 bridgehead atoms. The van der Waals surface area contributed by atoms with Crippen molar-refractivity contribution in [3.05, 3.63) is 0 Å².